The van der Waals surface area contributed by atoms with Gasteiger partial charge in [0.2, 0.25) is 0 Å². The van der Waals surface area contributed by atoms with Crippen molar-refractivity contribution in [2.75, 3.05) is 0 Å². The summed E-state index contributed by atoms with van der Waals surface area (Å²) in [4.78, 5) is 3.13. The Morgan fingerprint density at radius 2 is 1.93 bits per heavy atom. The summed E-state index contributed by atoms with van der Waals surface area (Å²) in [5.74, 6) is 0. The van der Waals surface area contributed by atoms with Crippen LogP contribution in [0.25, 0.3) is 10.9 Å². The molecule has 0 aliphatic rings. The summed E-state index contributed by atoms with van der Waals surface area (Å²) in [6.45, 7) is 6.13. The highest BCUT2D eigenvalue weighted by Gasteiger charge is 2.09. The number of hydrogen-bond acceptors (Lipinski definition) is 1. The normalized spacial score (nSPS) is 10.4. The molecule has 1 N–H and O–H groups in total. The quantitative estimate of drug-likeness (QED) is 0.671. The Kier molecular flexibility index (Phi) is 1.82. The molecule has 0 saturated heterocycles. The molecule has 14 heavy (non-hydrogen) atoms. The van der Waals surface area contributed by atoms with Gasteiger partial charge in [-0.1, -0.05) is 6.07 Å². The predicted molar refractivity (Wildman–Crippen MR) is 57.2 cm³/mol. The third-order valence-corrected chi connectivity index (χ3v) is 2.60. The summed E-state index contributed by atoms with van der Waals surface area (Å²) in [7, 11) is 0. The molecular weight excluding hydrogens is 172 g/mol. The van der Waals surface area contributed by atoms with Crippen molar-refractivity contribution in [3.63, 3.8) is 0 Å². The lowest BCUT2D eigenvalue weighted by atomic mass is 10.0. The second-order valence-corrected chi connectivity index (χ2v) is 3.74. The Morgan fingerprint density at radius 3 is 2.57 bits per heavy atom. The third-order valence-electron chi connectivity index (χ3n) is 2.60. The van der Waals surface area contributed by atoms with Crippen LogP contribution in [0.2, 0.25) is 0 Å². The van der Waals surface area contributed by atoms with Gasteiger partial charge >= 0.3 is 0 Å². The van der Waals surface area contributed by atoms with Crippen LogP contribution in [0.15, 0.2) is 12.1 Å². The van der Waals surface area contributed by atoms with Crippen LogP contribution < -0.4 is 0 Å². The van der Waals surface area contributed by atoms with E-state index in [0.717, 1.165) is 11.1 Å². The van der Waals surface area contributed by atoms with Gasteiger partial charge in [0, 0.05) is 10.9 Å². The maximum absolute atomic E-state index is 8.90. The van der Waals surface area contributed by atoms with Crippen LogP contribution in [0.1, 0.15) is 22.4 Å². The van der Waals surface area contributed by atoms with Gasteiger partial charge in [0.05, 0.1) is 0 Å². The molecule has 70 valence electrons. The molecule has 0 radical (unpaired) electrons. The third kappa shape index (κ3) is 1.10. The Balaban J connectivity index is 2.94. The monoisotopic (exact) mass is 184 g/mol. The smallest absolute Gasteiger partial charge is 0.121 e. The van der Waals surface area contributed by atoms with Gasteiger partial charge < -0.3 is 4.98 Å². The van der Waals surface area contributed by atoms with Gasteiger partial charge in [0.25, 0.3) is 0 Å². The summed E-state index contributed by atoms with van der Waals surface area (Å²) in [6, 6.07) is 6.40. The minimum Gasteiger partial charge on any atom is -0.346 e. The molecule has 0 unspecified atom stereocenters. The number of H-pyrrole nitrogens is 1. The molecule has 2 nitrogen and oxygen atoms in total. The van der Waals surface area contributed by atoms with E-state index in [9.17, 15) is 0 Å². The lowest BCUT2D eigenvalue weighted by Crippen LogP contribution is -1.79. The highest BCUT2D eigenvalue weighted by Crippen LogP contribution is 2.25. The highest BCUT2D eigenvalue weighted by molar-refractivity contribution is 5.89. The van der Waals surface area contributed by atoms with Crippen LogP contribution in [0.4, 0.5) is 0 Å². The number of aromatic amines is 1. The Bertz CT molecular complexity index is 541. The lowest BCUT2D eigenvalue weighted by Gasteiger charge is -1.99. The van der Waals surface area contributed by atoms with E-state index >= 15 is 0 Å². The van der Waals surface area contributed by atoms with Gasteiger partial charge in [-0.15, -0.1) is 0 Å². The Labute approximate surface area is 83.2 Å². The van der Waals surface area contributed by atoms with E-state index in [2.05, 4.69) is 37.0 Å². The average molecular weight is 184 g/mol. The molecule has 2 aromatic rings. The van der Waals surface area contributed by atoms with E-state index in [4.69, 9.17) is 5.26 Å². The molecule has 0 aliphatic carbocycles. The van der Waals surface area contributed by atoms with Crippen molar-refractivity contribution in [1.29, 1.82) is 5.26 Å². The molecular formula is C12H12N2. The molecule has 0 amide bonds. The average Bonchev–Trinajstić information content (AvgIpc) is 2.42. The highest BCUT2D eigenvalue weighted by atomic mass is 14.7. The molecule has 0 bridgehead atoms. The van der Waals surface area contributed by atoms with E-state index < -0.39 is 0 Å². The predicted octanol–water partition coefficient (Wildman–Crippen LogP) is 2.96. The first kappa shape index (κ1) is 8.83. The van der Waals surface area contributed by atoms with Gasteiger partial charge in [-0.25, -0.2) is 0 Å². The van der Waals surface area contributed by atoms with Gasteiger partial charge in [-0.05, 0) is 43.5 Å². The van der Waals surface area contributed by atoms with Crippen LogP contribution >= 0.6 is 0 Å². The van der Waals surface area contributed by atoms with Crippen LogP contribution in [-0.4, -0.2) is 4.98 Å². The zero-order valence-corrected chi connectivity index (χ0v) is 8.60. The standard InChI is InChI=1S/C12H12N2/c1-7-4-8(2)12-9(3)11(6-13)14-10(12)5-7/h4-5,14H,1-3H3. The number of fused-ring (bicyclic) bond motifs is 1. The maximum atomic E-state index is 8.90. The minimum atomic E-state index is 0.675. The second-order valence-electron chi connectivity index (χ2n) is 3.74. The van der Waals surface area contributed by atoms with Crippen LogP contribution in [0.5, 0.6) is 0 Å². The van der Waals surface area contributed by atoms with Crippen molar-refractivity contribution in [1.82, 2.24) is 4.98 Å². The van der Waals surface area contributed by atoms with Crippen molar-refractivity contribution in [3.8, 4) is 6.07 Å². The molecule has 0 aliphatic heterocycles. The molecule has 1 aromatic carbocycles. The van der Waals surface area contributed by atoms with Gasteiger partial charge in [0.15, 0.2) is 0 Å². The lowest BCUT2D eigenvalue weighted by molar-refractivity contribution is 1.32. The summed E-state index contributed by atoms with van der Waals surface area (Å²) >= 11 is 0. The summed E-state index contributed by atoms with van der Waals surface area (Å²) < 4.78 is 0. The minimum absolute atomic E-state index is 0.675. The number of hydrogen-bond donors (Lipinski definition) is 1. The fourth-order valence-corrected chi connectivity index (χ4v) is 2.03. The van der Waals surface area contributed by atoms with Crippen molar-refractivity contribution >= 4 is 10.9 Å². The van der Waals surface area contributed by atoms with E-state index in [0.29, 0.717) is 5.69 Å². The van der Waals surface area contributed by atoms with Crippen molar-refractivity contribution in [2.45, 2.75) is 20.8 Å². The number of rotatable bonds is 0. The van der Waals surface area contributed by atoms with Gasteiger partial charge in [0.1, 0.15) is 11.8 Å². The zero-order valence-electron chi connectivity index (χ0n) is 8.60. The SMILES string of the molecule is Cc1cc(C)c2c(C)c(C#N)[nH]c2c1. The number of aromatic nitrogens is 1. The molecule has 2 rings (SSSR count). The number of aryl methyl sites for hydroxylation is 3. The first-order chi connectivity index (χ1) is 6.63. The van der Waals surface area contributed by atoms with Crippen LogP contribution in [-0.2, 0) is 0 Å². The van der Waals surface area contributed by atoms with E-state index in [1.54, 1.807) is 0 Å². The number of nitrogens with one attached hydrogen (secondary N) is 1. The first-order valence-corrected chi connectivity index (χ1v) is 4.63. The second kappa shape index (κ2) is 2.88. The summed E-state index contributed by atoms with van der Waals surface area (Å²) in [5.41, 5.74) is 5.25. The van der Waals surface area contributed by atoms with Crippen molar-refractivity contribution < 1.29 is 0 Å². The van der Waals surface area contributed by atoms with Gasteiger partial charge in [-0.2, -0.15) is 5.26 Å². The maximum Gasteiger partial charge on any atom is 0.121 e. The zero-order chi connectivity index (χ0) is 10.3. The number of nitrogens with zero attached hydrogens (tertiary/aromatic N) is 1. The van der Waals surface area contributed by atoms with Crippen LogP contribution in [0.3, 0.4) is 0 Å². The molecule has 0 atom stereocenters. The first-order valence-electron chi connectivity index (χ1n) is 4.63. The number of nitriles is 1. The number of benzene rings is 1. The Hall–Kier alpha value is -1.75. The van der Waals surface area contributed by atoms with Crippen molar-refractivity contribution in [3.05, 3.63) is 34.5 Å². The summed E-state index contributed by atoms with van der Waals surface area (Å²) in [6.07, 6.45) is 0. The Morgan fingerprint density at radius 1 is 1.21 bits per heavy atom. The molecule has 0 saturated carbocycles. The largest absolute Gasteiger partial charge is 0.346 e. The van der Waals surface area contributed by atoms with E-state index in [1.807, 2.05) is 6.92 Å². The van der Waals surface area contributed by atoms with Crippen molar-refractivity contribution in [2.24, 2.45) is 0 Å². The molecule has 1 aromatic heterocycles. The molecule has 2 heteroatoms. The van der Waals surface area contributed by atoms with Gasteiger partial charge in [-0.3, -0.25) is 0 Å². The molecule has 0 spiro atoms. The van der Waals surface area contributed by atoms with E-state index in [-0.39, 0.29) is 0 Å². The summed E-state index contributed by atoms with van der Waals surface area (Å²) in [5, 5.41) is 10.1. The van der Waals surface area contributed by atoms with Crippen LogP contribution in [0, 0.1) is 32.1 Å². The molecule has 0 fully saturated rings. The fraction of sp³-hybridized carbons (Fsp3) is 0.250. The topological polar surface area (TPSA) is 39.6 Å². The fourth-order valence-electron chi connectivity index (χ4n) is 2.03. The van der Waals surface area contributed by atoms with E-state index in [1.165, 1.54) is 16.5 Å². The molecule has 1 heterocycles.